The zero-order chi connectivity index (χ0) is 19.8. The molecule has 148 valence electrons. The molecule has 1 aliphatic heterocycles. The average molecular weight is 374 g/mol. The summed E-state index contributed by atoms with van der Waals surface area (Å²) < 4.78 is 5.48. The Kier molecular flexibility index (Phi) is 7.52. The minimum atomic E-state index is -0.0338. The Labute approximate surface area is 162 Å². The van der Waals surface area contributed by atoms with Gasteiger partial charge in [0, 0.05) is 39.8 Å². The molecule has 1 heterocycles. The molecule has 7 nitrogen and oxygen atoms in total. The molecule has 1 atom stereocenters. The molecule has 0 bridgehead atoms. The highest BCUT2D eigenvalue weighted by molar-refractivity contribution is 5.85. The molecule has 1 unspecified atom stereocenters. The van der Waals surface area contributed by atoms with Crippen molar-refractivity contribution in [3.05, 3.63) is 36.4 Å². The summed E-state index contributed by atoms with van der Waals surface area (Å²) >= 11 is 0. The molecule has 1 aromatic rings. The van der Waals surface area contributed by atoms with Crippen molar-refractivity contribution < 1.29 is 9.53 Å². The van der Waals surface area contributed by atoms with Crippen LogP contribution in [0.2, 0.25) is 0 Å². The van der Waals surface area contributed by atoms with Gasteiger partial charge >= 0.3 is 0 Å². The van der Waals surface area contributed by atoms with E-state index in [1.165, 1.54) is 0 Å². The lowest BCUT2D eigenvalue weighted by Gasteiger charge is -2.22. The fourth-order valence-corrected chi connectivity index (χ4v) is 2.86. The Hall–Kier alpha value is -2.70. The number of methoxy groups -OCH3 is 1. The van der Waals surface area contributed by atoms with E-state index < -0.39 is 0 Å². The number of para-hydroxylation sites is 2. The number of carbonyl (C=O) groups is 1. The summed E-state index contributed by atoms with van der Waals surface area (Å²) in [5, 5.41) is 6.69. The van der Waals surface area contributed by atoms with Crippen LogP contribution >= 0.6 is 0 Å². The lowest BCUT2D eigenvalue weighted by atomic mass is 10.2. The van der Waals surface area contributed by atoms with E-state index in [-0.39, 0.29) is 18.5 Å². The fourth-order valence-electron chi connectivity index (χ4n) is 2.86. The van der Waals surface area contributed by atoms with E-state index in [4.69, 9.17) is 4.74 Å². The van der Waals surface area contributed by atoms with E-state index in [1.54, 1.807) is 26.1 Å². The van der Waals surface area contributed by atoms with E-state index in [9.17, 15) is 4.79 Å². The van der Waals surface area contributed by atoms with Crippen molar-refractivity contribution in [3.63, 3.8) is 0 Å². The van der Waals surface area contributed by atoms with E-state index >= 15 is 0 Å². The number of rotatable bonds is 7. The predicted octanol–water partition coefficient (Wildman–Crippen LogP) is 1.47. The minimum absolute atomic E-state index is 0.0338. The highest BCUT2D eigenvalue weighted by Gasteiger charge is 2.25. The van der Waals surface area contributed by atoms with Crippen molar-refractivity contribution in [2.75, 3.05) is 52.3 Å². The van der Waals surface area contributed by atoms with Gasteiger partial charge in [0.1, 0.15) is 12.3 Å². The maximum Gasteiger partial charge on any atom is 0.243 e. The summed E-state index contributed by atoms with van der Waals surface area (Å²) in [4.78, 5) is 20.1. The number of likely N-dealkylation sites (N-methyl/N-ethyl adjacent to an activating group) is 1. The standard InChI is InChI=1S/C20H31N5O2/c1-15(2)12-21-20(22-13-19(26)24(3)4)23-16-10-11-25(14-16)17-8-6-7-9-18(17)27-5/h6-9,16H,1,10-14H2,2-5H3,(H2,21,22,23). The first-order valence-corrected chi connectivity index (χ1v) is 9.18. The summed E-state index contributed by atoms with van der Waals surface area (Å²) in [5.74, 6) is 1.48. The van der Waals surface area contributed by atoms with Crippen LogP contribution in [0.15, 0.2) is 41.4 Å². The van der Waals surface area contributed by atoms with Gasteiger partial charge in [-0.3, -0.25) is 4.79 Å². The molecule has 2 N–H and O–H groups in total. The van der Waals surface area contributed by atoms with Crippen LogP contribution in [0.25, 0.3) is 0 Å². The Morgan fingerprint density at radius 3 is 2.81 bits per heavy atom. The summed E-state index contributed by atoms with van der Waals surface area (Å²) in [5.41, 5.74) is 2.10. The van der Waals surface area contributed by atoms with Crippen molar-refractivity contribution in [3.8, 4) is 5.75 Å². The third-order valence-corrected chi connectivity index (χ3v) is 4.38. The van der Waals surface area contributed by atoms with Gasteiger partial charge in [0.2, 0.25) is 5.91 Å². The van der Waals surface area contributed by atoms with Crippen LogP contribution < -0.4 is 20.3 Å². The number of hydrogen-bond acceptors (Lipinski definition) is 4. The number of hydrogen-bond donors (Lipinski definition) is 2. The highest BCUT2D eigenvalue weighted by atomic mass is 16.5. The van der Waals surface area contributed by atoms with Crippen LogP contribution in [0.5, 0.6) is 5.75 Å². The average Bonchev–Trinajstić information content (AvgIpc) is 3.11. The first-order chi connectivity index (χ1) is 12.9. The third kappa shape index (κ3) is 6.20. The zero-order valence-electron chi connectivity index (χ0n) is 16.8. The van der Waals surface area contributed by atoms with Crippen molar-refractivity contribution in [2.45, 2.75) is 19.4 Å². The first kappa shape index (κ1) is 20.6. The van der Waals surface area contributed by atoms with Gasteiger partial charge in [-0.1, -0.05) is 24.3 Å². The summed E-state index contributed by atoms with van der Waals surface area (Å²) in [7, 11) is 5.15. The number of carbonyl (C=O) groups excluding carboxylic acids is 1. The van der Waals surface area contributed by atoms with E-state index in [1.807, 2.05) is 25.1 Å². The molecule has 1 fully saturated rings. The van der Waals surface area contributed by atoms with Crippen molar-refractivity contribution >= 4 is 17.6 Å². The highest BCUT2D eigenvalue weighted by Crippen LogP contribution is 2.30. The smallest absolute Gasteiger partial charge is 0.243 e. The number of guanidine groups is 1. The number of aliphatic imine (C=N–C) groups is 1. The normalized spacial score (nSPS) is 16.8. The maximum atomic E-state index is 11.9. The Morgan fingerprint density at radius 2 is 2.15 bits per heavy atom. The minimum Gasteiger partial charge on any atom is -0.495 e. The number of anilines is 1. The second-order valence-electron chi connectivity index (χ2n) is 7.01. The van der Waals surface area contributed by atoms with Crippen LogP contribution in [0.1, 0.15) is 13.3 Å². The maximum absolute atomic E-state index is 11.9. The summed E-state index contributed by atoms with van der Waals surface area (Å²) in [6, 6.07) is 8.28. The van der Waals surface area contributed by atoms with E-state index in [2.05, 4.69) is 33.2 Å². The van der Waals surface area contributed by atoms with Crippen LogP contribution in [-0.2, 0) is 4.79 Å². The third-order valence-electron chi connectivity index (χ3n) is 4.38. The van der Waals surface area contributed by atoms with Gasteiger partial charge in [0.25, 0.3) is 0 Å². The lowest BCUT2D eigenvalue weighted by molar-refractivity contribution is -0.127. The van der Waals surface area contributed by atoms with Crippen LogP contribution in [0.3, 0.4) is 0 Å². The van der Waals surface area contributed by atoms with Gasteiger partial charge < -0.3 is 25.2 Å². The van der Waals surface area contributed by atoms with Crippen molar-refractivity contribution in [1.82, 2.24) is 15.5 Å². The van der Waals surface area contributed by atoms with Gasteiger partial charge in [0.15, 0.2) is 5.96 Å². The summed E-state index contributed by atoms with van der Waals surface area (Å²) in [6.07, 6.45) is 0.980. The number of amides is 1. The molecule has 7 heteroatoms. The second kappa shape index (κ2) is 9.85. The Bertz CT molecular complexity index is 687. The van der Waals surface area contributed by atoms with Gasteiger partial charge in [0.05, 0.1) is 12.8 Å². The number of ether oxygens (including phenoxy) is 1. The van der Waals surface area contributed by atoms with Crippen molar-refractivity contribution in [1.29, 1.82) is 0 Å². The fraction of sp³-hybridized carbons (Fsp3) is 0.500. The largest absolute Gasteiger partial charge is 0.495 e. The van der Waals surface area contributed by atoms with Gasteiger partial charge in [-0.15, -0.1) is 0 Å². The molecule has 0 aromatic heterocycles. The Morgan fingerprint density at radius 1 is 1.41 bits per heavy atom. The quantitative estimate of drug-likeness (QED) is 0.430. The topological polar surface area (TPSA) is 69.2 Å². The molecule has 0 spiro atoms. The van der Waals surface area contributed by atoms with Crippen LogP contribution in [0.4, 0.5) is 5.69 Å². The molecular weight excluding hydrogens is 342 g/mol. The molecule has 27 heavy (non-hydrogen) atoms. The lowest BCUT2D eigenvalue weighted by Crippen LogP contribution is -2.45. The molecule has 1 saturated heterocycles. The SMILES string of the molecule is C=C(C)CNC(=NCC(=O)N(C)C)NC1CCN(c2ccccc2OC)C1. The Balaban J connectivity index is 2.01. The molecule has 0 radical (unpaired) electrons. The second-order valence-corrected chi connectivity index (χ2v) is 7.01. The molecule has 0 aliphatic carbocycles. The van der Waals surface area contributed by atoms with Gasteiger partial charge in [-0.2, -0.15) is 0 Å². The predicted molar refractivity (Wildman–Crippen MR) is 111 cm³/mol. The van der Waals surface area contributed by atoms with Crippen molar-refractivity contribution in [2.24, 2.45) is 4.99 Å². The number of nitrogens with zero attached hydrogens (tertiary/aromatic N) is 3. The molecule has 1 amide bonds. The first-order valence-electron chi connectivity index (χ1n) is 9.18. The number of nitrogens with one attached hydrogen (secondary N) is 2. The van der Waals surface area contributed by atoms with Crippen LogP contribution in [0, 0.1) is 0 Å². The van der Waals surface area contributed by atoms with Gasteiger partial charge in [-0.25, -0.2) is 4.99 Å². The van der Waals surface area contributed by atoms with Gasteiger partial charge in [-0.05, 0) is 25.5 Å². The molecule has 1 aromatic carbocycles. The zero-order valence-corrected chi connectivity index (χ0v) is 16.8. The molecular formula is C20H31N5O2. The van der Waals surface area contributed by atoms with Crippen LogP contribution in [-0.4, -0.2) is 70.2 Å². The van der Waals surface area contributed by atoms with E-state index in [0.717, 1.165) is 36.5 Å². The summed E-state index contributed by atoms with van der Waals surface area (Å²) in [6.45, 7) is 8.37. The molecule has 1 aliphatic rings. The molecule has 0 saturated carbocycles. The molecule has 2 rings (SSSR count). The van der Waals surface area contributed by atoms with E-state index in [0.29, 0.717) is 12.5 Å². The monoisotopic (exact) mass is 373 g/mol. The number of benzene rings is 1.